The lowest BCUT2D eigenvalue weighted by Gasteiger charge is -1.98. The van der Waals surface area contributed by atoms with Crippen LogP contribution in [0.3, 0.4) is 0 Å². The van der Waals surface area contributed by atoms with Gasteiger partial charge in [0.2, 0.25) is 5.82 Å². The molecule has 0 unspecified atom stereocenters. The molecule has 2 aromatic rings. The number of hydrogen-bond donors (Lipinski definition) is 0. The molecule has 0 saturated heterocycles. The quantitative estimate of drug-likeness (QED) is 0.755. The molecule has 1 heterocycles. The number of methoxy groups -OCH3 is 1. The molecular formula is C12H14N4O2. The lowest BCUT2D eigenvalue weighted by molar-refractivity contribution is -0.141. The molecular weight excluding hydrogens is 232 g/mol. The molecule has 0 fully saturated rings. The van der Waals surface area contributed by atoms with E-state index in [1.165, 1.54) is 17.5 Å². The van der Waals surface area contributed by atoms with Gasteiger partial charge in [0.25, 0.3) is 0 Å². The highest BCUT2D eigenvalue weighted by Gasteiger charge is 2.08. The third-order valence-corrected chi connectivity index (χ3v) is 2.57. The van der Waals surface area contributed by atoms with E-state index >= 15 is 0 Å². The minimum atomic E-state index is -0.403. The second-order valence-corrected chi connectivity index (χ2v) is 3.77. The molecule has 0 N–H and O–H groups in total. The lowest BCUT2D eigenvalue weighted by atomic mass is 10.1. The van der Waals surface area contributed by atoms with Gasteiger partial charge in [0, 0.05) is 5.56 Å². The summed E-state index contributed by atoms with van der Waals surface area (Å²) in [6.45, 7) is 2.07. The fourth-order valence-corrected chi connectivity index (χ4v) is 1.50. The Morgan fingerprint density at radius 1 is 1.33 bits per heavy atom. The highest BCUT2D eigenvalue weighted by molar-refractivity contribution is 5.68. The van der Waals surface area contributed by atoms with Crippen molar-refractivity contribution in [1.29, 1.82) is 0 Å². The molecule has 0 radical (unpaired) electrons. The molecule has 6 heteroatoms. The van der Waals surface area contributed by atoms with E-state index in [9.17, 15) is 4.79 Å². The first kappa shape index (κ1) is 12.2. The number of aromatic nitrogens is 4. The van der Waals surface area contributed by atoms with Gasteiger partial charge in [0.15, 0.2) is 6.54 Å². The average Bonchev–Trinajstić information content (AvgIpc) is 2.87. The molecule has 1 aromatic heterocycles. The third-order valence-electron chi connectivity index (χ3n) is 2.57. The van der Waals surface area contributed by atoms with Crippen LogP contribution in [0.2, 0.25) is 0 Å². The van der Waals surface area contributed by atoms with Gasteiger partial charge in [-0.25, -0.2) is 4.79 Å². The molecule has 18 heavy (non-hydrogen) atoms. The molecule has 0 saturated carbocycles. The molecule has 0 amide bonds. The number of carbonyl (C=O) groups excluding carboxylic acids is 1. The average molecular weight is 246 g/mol. The number of tetrazole rings is 1. The normalized spacial score (nSPS) is 10.3. The number of benzene rings is 1. The predicted molar refractivity (Wildman–Crippen MR) is 64.6 cm³/mol. The van der Waals surface area contributed by atoms with Crippen LogP contribution in [-0.2, 0) is 22.5 Å². The zero-order valence-corrected chi connectivity index (χ0v) is 10.3. The molecule has 0 aliphatic carbocycles. The predicted octanol–water partition coefficient (Wildman–Crippen LogP) is 1.08. The van der Waals surface area contributed by atoms with Crippen LogP contribution in [0.5, 0.6) is 0 Å². The van der Waals surface area contributed by atoms with E-state index in [4.69, 9.17) is 0 Å². The molecule has 0 spiro atoms. The van der Waals surface area contributed by atoms with E-state index < -0.39 is 5.97 Å². The van der Waals surface area contributed by atoms with Gasteiger partial charge in [-0.05, 0) is 17.2 Å². The monoisotopic (exact) mass is 246 g/mol. The Morgan fingerprint density at radius 2 is 2.06 bits per heavy atom. The first-order chi connectivity index (χ1) is 8.72. The molecule has 1 aromatic carbocycles. The summed E-state index contributed by atoms with van der Waals surface area (Å²) in [7, 11) is 1.32. The van der Waals surface area contributed by atoms with Crippen LogP contribution in [0.1, 0.15) is 12.5 Å². The molecule has 0 atom stereocenters. The molecule has 0 bridgehead atoms. The number of nitrogens with zero attached hydrogens (tertiary/aromatic N) is 4. The zero-order chi connectivity index (χ0) is 13.0. The number of hydrogen-bond acceptors (Lipinski definition) is 5. The fourth-order valence-electron chi connectivity index (χ4n) is 1.50. The van der Waals surface area contributed by atoms with Gasteiger partial charge in [0.05, 0.1) is 7.11 Å². The van der Waals surface area contributed by atoms with Gasteiger partial charge in [0.1, 0.15) is 0 Å². The third kappa shape index (κ3) is 2.71. The van der Waals surface area contributed by atoms with Crippen LogP contribution in [0, 0.1) is 0 Å². The van der Waals surface area contributed by atoms with Crippen molar-refractivity contribution in [2.45, 2.75) is 19.9 Å². The molecule has 6 nitrogen and oxygen atoms in total. The summed E-state index contributed by atoms with van der Waals surface area (Å²) >= 11 is 0. The van der Waals surface area contributed by atoms with Gasteiger partial charge in [-0.2, -0.15) is 4.80 Å². The first-order valence-corrected chi connectivity index (χ1v) is 5.67. The van der Waals surface area contributed by atoms with Crippen LogP contribution in [0.25, 0.3) is 11.4 Å². The van der Waals surface area contributed by atoms with E-state index in [0.717, 1.165) is 12.0 Å². The molecule has 2 rings (SSSR count). The summed E-state index contributed by atoms with van der Waals surface area (Å²) in [6.07, 6.45) is 0.989. The highest BCUT2D eigenvalue weighted by atomic mass is 16.5. The van der Waals surface area contributed by atoms with Gasteiger partial charge < -0.3 is 4.74 Å². The van der Waals surface area contributed by atoms with Crippen molar-refractivity contribution in [2.75, 3.05) is 7.11 Å². The highest BCUT2D eigenvalue weighted by Crippen LogP contribution is 2.14. The Hall–Kier alpha value is -2.24. The smallest absolute Gasteiger partial charge is 0.329 e. The van der Waals surface area contributed by atoms with Crippen molar-refractivity contribution in [3.05, 3.63) is 29.8 Å². The van der Waals surface area contributed by atoms with Gasteiger partial charge in [-0.3, -0.25) is 0 Å². The number of esters is 1. The second-order valence-electron chi connectivity index (χ2n) is 3.77. The Bertz CT molecular complexity index is 533. The van der Waals surface area contributed by atoms with Crippen molar-refractivity contribution < 1.29 is 9.53 Å². The summed E-state index contributed by atoms with van der Waals surface area (Å²) < 4.78 is 4.53. The number of carbonyl (C=O) groups is 1. The minimum Gasteiger partial charge on any atom is -0.468 e. The van der Waals surface area contributed by atoms with E-state index in [1.54, 1.807) is 0 Å². The van der Waals surface area contributed by atoms with Crippen LogP contribution >= 0.6 is 0 Å². The molecule has 0 aliphatic rings. The largest absolute Gasteiger partial charge is 0.468 e. The summed E-state index contributed by atoms with van der Waals surface area (Å²) in [5.74, 6) is 0.0989. The summed E-state index contributed by atoms with van der Waals surface area (Å²) in [6, 6.07) is 7.93. The van der Waals surface area contributed by atoms with E-state index in [-0.39, 0.29) is 6.54 Å². The van der Waals surface area contributed by atoms with Gasteiger partial charge in [-0.15, -0.1) is 10.2 Å². The fraction of sp³-hybridized carbons (Fsp3) is 0.333. The maximum atomic E-state index is 11.1. The van der Waals surface area contributed by atoms with Crippen molar-refractivity contribution >= 4 is 5.97 Å². The first-order valence-electron chi connectivity index (χ1n) is 5.67. The van der Waals surface area contributed by atoms with Gasteiger partial charge in [-0.1, -0.05) is 31.2 Å². The topological polar surface area (TPSA) is 69.9 Å². The van der Waals surface area contributed by atoms with E-state index in [0.29, 0.717) is 5.82 Å². The van der Waals surface area contributed by atoms with Crippen molar-refractivity contribution in [3.8, 4) is 11.4 Å². The maximum absolute atomic E-state index is 11.1. The SMILES string of the molecule is CCc1ccc(-c2nnn(CC(=O)OC)n2)cc1. The standard InChI is InChI=1S/C12H14N4O2/c1-3-9-4-6-10(7-5-9)12-13-15-16(14-12)8-11(17)18-2/h4-7H,3,8H2,1-2H3. The summed E-state index contributed by atoms with van der Waals surface area (Å²) in [5.41, 5.74) is 2.13. The summed E-state index contributed by atoms with van der Waals surface area (Å²) in [4.78, 5) is 12.3. The molecule has 94 valence electrons. The Labute approximate surface area is 105 Å². The molecule has 0 aliphatic heterocycles. The number of rotatable bonds is 4. The van der Waals surface area contributed by atoms with Crippen molar-refractivity contribution in [2.24, 2.45) is 0 Å². The van der Waals surface area contributed by atoms with Crippen LogP contribution in [0.15, 0.2) is 24.3 Å². The minimum absolute atomic E-state index is 0.0312. The van der Waals surface area contributed by atoms with Crippen LogP contribution in [-0.4, -0.2) is 33.3 Å². The Morgan fingerprint density at radius 3 is 2.67 bits per heavy atom. The van der Waals surface area contributed by atoms with Crippen LogP contribution < -0.4 is 0 Å². The van der Waals surface area contributed by atoms with Crippen molar-refractivity contribution in [1.82, 2.24) is 20.2 Å². The van der Waals surface area contributed by atoms with Gasteiger partial charge >= 0.3 is 5.97 Å². The summed E-state index contributed by atoms with van der Waals surface area (Å²) in [5, 5.41) is 11.8. The Balaban J connectivity index is 2.15. The maximum Gasteiger partial charge on any atom is 0.329 e. The van der Waals surface area contributed by atoms with Crippen LogP contribution in [0.4, 0.5) is 0 Å². The number of aryl methyl sites for hydroxylation is 1. The lowest BCUT2D eigenvalue weighted by Crippen LogP contribution is -2.14. The zero-order valence-electron chi connectivity index (χ0n) is 10.3. The number of ether oxygens (including phenoxy) is 1. The van der Waals surface area contributed by atoms with Crippen molar-refractivity contribution in [3.63, 3.8) is 0 Å². The Kier molecular flexibility index (Phi) is 3.66. The van der Waals surface area contributed by atoms with E-state index in [1.807, 2.05) is 24.3 Å². The van der Waals surface area contributed by atoms with E-state index in [2.05, 4.69) is 27.1 Å². The second kappa shape index (κ2) is 5.39.